The quantitative estimate of drug-likeness (QED) is 0.104. The minimum Gasteiger partial charge on any atom is -0.491 e. The highest BCUT2D eigenvalue weighted by Crippen LogP contribution is 2.31. The van der Waals surface area contributed by atoms with Crippen molar-refractivity contribution in [3.8, 4) is 5.75 Å². The van der Waals surface area contributed by atoms with Crippen molar-refractivity contribution >= 4 is 50.9 Å². The number of aldehydes is 1. The molecule has 4 aromatic rings. The number of oxazole rings is 1. The number of allylic oxidation sites excluding steroid dienone is 1. The van der Waals surface area contributed by atoms with E-state index in [1.165, 1.54) is 0 Å². The number of morpholine rings is 1. The van der Waals surface area contributed by atoms with Gasteiger partial charge in [0.2, 0.25) is 11.7 Å². The summed E-state index contributed by atoms with van der Waals surface area (Å²) in [6.07, 6.45) is 7.87. The first-order chi connectivity index (χ1) is 21.9. The number of nitrogens with zero attached hydrogens (tertiary/aromatic N) is 5. The minimum atomic E-state index is -0.450. The maximum atomic E-state index is 13.4. The highest BCUT2D eigenvalue weighted by molar-refractivity contribution is 9.10. The van der Waals surface area contributed by atoms with Crippen LogP contribution in [0.15, 0.2) is 45.4 Å². The van der Waals surface area contributed by atoms with Gasteiger partial charge in [-0.2, -0.15) is 0 Å². The monoisotopic (exact) mass is 679 g/mol. The molecule has 12 nitrogen and oxygen atoms in total. The number of aryl methyl sites for hydroxylation is 3. The van der Waals surface area contributed by atoms with Crippen molar-refractivity contribution in [2.45, 2.75) is 40.2 Å². The normalized spacial score (nSPS) is 13.9. The van der Waals surface area contributed by atoms with Gasteiger partial charge in [-0.1, -0.05) is 19.1 Å². The predicted molar refractivity (Wildman–Crippen MR) is 175 cm³/mol. The van der Waals surface area contributed by atoms with E-state index in [9.17, 15) is 9.59 Å². The zero-order valence-electron chi connectivity index (χ0n) is 25.8. The average molecular weight is 681 g/mol. The van der Waals surface area contributed by atoms with Crippen molar-refractivity contribution in [1.29, 1.82) is 0 Å². The van der Waals surface area contributed by atoms with Crippen molar-refractivity contribution in [3.63, 3.8) is 0 Å². The van der Waals surface area contributed by atoms with Crippen LogP contribution in [-0.2, 0) is 17.7 Å². The molecule has 0 aliphatic carbocycles. The summed E-state index contributed by atoms with van der Waals surface area (Å²) >= 11 is 3.55. The Kier molecular flexibility index (Phi) is 11.0. The third kappa shape index (κ3) is 8.16. The first kappa shape index (κ1) is 32.3. The number of rotatable bonds is 14. The fraction of sp³-hybridized carbons (Fsp3) is 0.406. The Bertz CT molecular complexity index is 1680. The summed E-state index contributed by atoms with van der Waals surface area (Å²) in [4.78, 5) is 41.0. The van der Waals surface area contributed by atoms with Gasteiger partial charge in [-0.3, -0.25) is 19.8 Å². The molecular weight excluding hydrogens is 642 g/mol. The fourth-order valence-electron chi connectivity index (χ4n) is 5.13. The number of anilines is 2. The third-order valence-corrected chi connectivity index (χ3v) is 7.94. The third-order valence-electron chi connectivity index (χ3n) is 7.34. The van der Waals surface area contributed by atoms with Gasteiger partial charge < -0.3 is 23.8 Å². The molecule has 0 atom stereocenters. The number of aromatic nitrogens is 4. The number of amides is 1. The number of carbonyl (C=O) groups excluding carboxylic acids is 2. The summed E-state index contributed by atoms with van der Waals surface area (Å²) in [5.74, 6) is 1.68. The Morgan fingerprint density at radius 3 is 2.73 bits per heavy atom. The van der Waals surface area contributed by atoms with Crippen LogP contribution in [0.25, 0.3) is 11.0 Å². The molecule has 1 amide bonds. The van der Waals surface area contributed by atoms with Crippen LogP contribution in [-0.4, -0.2) is 82.6 Å². The molecule has 5 rings (SSSR count). The molecule has 0 unspecified atom stereocenters. The van der Waals surface area contributed by atoms with Gasteiger partial charge >= 0.3 is 0 Å². The summed E-state index contributed by atoms with van der Waals surface area (Å²) in [5.41, 5.74) is 3.27. The molecule has 1 aromatic carbocycles. The number of carbonyl (C=O) groups is 2. The molecule has 13 heteroatoms. The zero-order valence-corrected chi connectivity index (χ0v) is 27.4. The van der Waals surface area contributed by atoms with Crippen LogP contribution < -0.4 is 15.4 Å². The number of imidazole rings is 1. The van der Waals surface area contributed by atoms with Gasteiger partial charge in [-0.15, -0.1) is 0 Å². The van der Waals surface area contributed by atoms with Crippen LogP contribution in [0, 0.1) is 13.8 Å². The van der Waals surface area contributed by atoms with Gasteiger partial charge in [0, 0.05) is 51.4 Å². The van der Waals surface area contributed by atoms with E-state index in [4.69, 9.17) is 18.9 Å². The zero-order chi connectivity index (χ0) is 31.8. The van der Waals surface area contributed by atoms with E-state index in [0.717, 1.165) is 61.4 Å². The Balaban J connectivity index is 1.40. The second kappa shape index (κ2) is 15.3. The molecule has 3 aromatic heterocycles. The second-order valence-electron chi connectivity index (χ2n) is 10.7. The Morgan fingerprint density at radius 2 is 1.98 bits per heavy atom. The number of hydrogen-bond donors (Lipinski definition) is 2. The molecule has 1 fully saturated rings. The number of nitrogens with one attached hydrogen (secondary N) is 2. The molecule has 4 heterocycles. The minimum absolute atomic E-state index is 0.151. The standard InChI is InChI=1S/C32H38BrN7O5/c1-4-25-29(45-22(3)36-25)31(42)38-32-37-26-17-23(20-41)18-27(44-13-7-9-39-11-14-43-15-12-39)28(26)40(32)10-6-5-8-34-30-24(33)16-21(2)19-35-30/h5-6,16-20H,4,7-15H2,1-3H3,(H,34,35)(H,37,38,42)/b6-5+. The SMILES string of the molecule is CCc1nc(C)oc1C(=O)Nc1nc2cc(C=O)cc(OCCCN3CCOCC3)c2n1C/C=C/CNc1ncc(C)cc1Br. The summed E-state index contributed by atoms with van der Waals surface area (Å²) in [6.45, 7) is 11.1. The molecule has 1 aliphatic rings. The summed E-state index contributed by atoms with van der Waals surface area (Å²) in [6, 6.07) is 5.41. The van der Waals surface area contributed by atoms with E-state index in [2.05, 4.69) is 41.4 Å². The van der Waals surface area contributed by atoms with Crippen LogP contribution in [0.5, 0.6) is 5.75 Å². The average Bonchev–Trinajstić information content (AvgIpc) is 3.59. The maximum Gasteiger partial charge on any atom is 0.295 e. The second-order valence-corrected chi connectivity index (χ2v) is 11.6. The summed E-state index contributed by atoms with van der Waals surface area (Å²) in [7, 11) is 0. The van der Waals surface area contributed by atoms with Gasteiger partial charge in [0.25, 0.3) is 5.91 Å². The van der Waals surface area contributed by atoms with Crippen molar-refractivity contribution in [1.82, 2.24) is 24.4 Å². The largest absolute Gasteiger partial charge is 0.491 e. The first-order valence-electron chi connectivity index (χ1n) is 15.1. The lowest BCUT2D eigenvalue weighted by Gasteiger charge is -2.26. The van der Waals surface area contributed by atoms with Gasteiger partial charge in [-0.25, -0.2) is 15.0 Å². The van der Waals surface area contributed by atoms with Crippen LogP contribution in [0.1, 0.15) is 51.4 Å². The number of benzene rings is 1. The summed E-state index contributed by atoms with van der Waals surface area (Å²) < 4.78 is 20.1. The van der Waals surface area contributed by atoms with Crippen LogP contribution in [0.2, 0.25) is 0 Å². The maximum absolute atomic E-state index is 13.4. The van der Waals surface area contributed by atoms with E-state index in [1.807, 2.05) is 36.6 Å². The molecular formula is C32H38BrN7O5. The lowest BCUT2D eigenvalue weighted by atomic mass is 10.2. The Hall–Kier alpha value is -4.07. The number of fused-ring (bicyclic) bond motifs is 1. The van der Waals surface area contributed by atoms with Gasteiger partial charge in [0.05, 0.1) is 35.5 Å². The fourth-order valence-corrected chi connectivity index (χ4v) is 5.73. The highest BCUT2D eigenvalue weighted by Gasteiger charge is 2.23. The highest BCUT2D eigenvalue weighted by atomic mass is 79.9. The Labute approximate surface area is 270 Å². The molecule has 0 saturated carbocycles. The number of hydrogen-bond acceptors (Lipinski definition) is 10. The van der Waals surface area contributed by atoms with E-state index in [0.29, 0.717) is 66.0 Å². The Morgan fingerprint density at radius 1 is 1.16 bits per heavy atom. The van der Waals surface area contributed by atoms with E-state index >= 15 is 0 Å². The number of pyridine rings is 1. The van der Waals surface area contributed by atoms with Crippen molar-refractivity contribution in [3.05, 3.63) is 69.5 Å². The molecule has 0 bridgehead atoms. The van der Waals surface area contributed by atoms with Crippen LogP contribution in [0.3, 0.4) is 0 Å². The van der Waals surface area contributed by atoms with E-state index in [1.54, 1.807) is 25.3 Å². The predicted octanol–water partition coefficient (Wildman–Crippen LogP) is 5.20. The van der Waals surface area contributed by atoms with Crippen molar-refractivity contribution < 1.29 is 23.5 Å². The van der Waals surface area contributed by atoms with Crippen LogP contribution >= 0.6 is 15.9 Å². The molecule has 0 radical (unpaired) electrons. The van der Waals surface area contributed by atoms with Gasteiger partial charge in [-0.05, 0) is 59.5 Å². The molecule has 45 heavy (non-hydrogen) atoms. The van der Waals surface area contributed by atoms with Crippen LogP contribution in [0.4, 0.5) is 11.8 Å². The topological polar surface area (TPSA) is 137 Å². The number of ether oxygens (including phenoxy) is 2. The smallest absolute Gasteiger partial charge is 0.295 e. The number of halogens is 1. The summed E-state index contributed by atoms with van der Waals surface area (Å²) in [5, 5.41) is 6.20. The molecule has 1 saturated heterocycles. The van der Waals surface area contributed by atoms with Gasteiger partial charge in [0.15, 0.2) is 5.89 Å². The van der Waals surface area contributed by atoms with Crippen molar-refractivity contribution in [2.24, 2.45) is 0 Å². The first-order valence-corrected chi connectivity index (χ1v) is 15.9. The van der Waals surface area contributed by atoms with Crippen molar-refractivity contribution in [2.75, 3.05) is 56.6 Å². The van der Waals surface area contributed by atoms with E-state index in [-0.39, 0.29) is 5.76 Å². The lowest BCUT2D eigenvalue weighted by Crippen LogP contribution is -2.37. The molecule has 1 aliphatic heterocycles. The van der Waals surface area contributed by atoms with E-state index < -0.39 is 5.91 Å². The van der Waals surface area contributed by atoms with Gasteiger partial charge in [0.1, 0.15) is 23.4 Å². The lowest BCUT2D eigenvalue weighted by molar-refractivity contribution is 0.0358. The molecule has 0 spiro atoms. The molecule has 238 valence electrons. The molecule has 2 N–H and O–H groups in total.